The molecule has 0 atom stereocenters. The van der Waals surface area contributed by atoms with Gasteiger partial charge < -0.3 is 10.1 Å². The van der Waals surface area contributed by atoms with Crippen LogP contribution in [-0.4, -0.2) is 17.9 Å². The summed E-state index contributed by atoms with van der Waals surface area (Å²) in [6.45, 7) is 7.68. The molecule has 0 saturated heterocycles. The highest BCUT2D eigenvalue weighted by atomic mass is 19.1. The highest BCUT2D eigenvalue weighted by molar-refractivity contribution is 6.46. The number of anilines is 2. The molecule has 0 bridgehead atoms. The number of carbonyl (C=O) groups excluding carboxylic acids is 2. The number of hydrogen-bond donors (Lipinski definition) is 1. The van der Waals surface area contributed by atoms with Crippen LogP contribution in [0.1, 0.15) is 30.5 Å². The fourth-order valence-electron chi connectivity index (χ4n) is 3.91. The summed E-state index contributed by atoms with van der Waals surface area (Å²) in [6, 6.07) is 18.4. The topological polar surface area (TPSA) is 58.6 Å². The van der Waals surface area contributed by atoms with Crippen molar-refractivity contribution < 1.29 is 18.7 Å². The first-order valence-corrected chi connectivity index (χ1v) is 10.7. The van der Waals surface area contributed by atoms with E-state index in [1.165, 1.54) is 12.1 Å². The van der Waals surface area contributed by atoms with Crippen LogP contribution < -0.4 is 15.0 Å². The maximum atomic E-state index is 13.8. The zero-order valence-corrected chi connectivity index (χ0v) is 19.0. The molecule has 0 radical (unpaired) electrons. The Morgan fingerprint density at radius 1 is 0.879 bits per heavy atom. The quantitative estimate of drug-likeness (QED) is 0.501. The Bertz CT molecular complexity index is 1240. The van der Waals surface area contributed by atoms with Crippen molar-refractivity contribution in [1.29, 1.82) is 0 Å². The third kappa shape index (κ3) is 4.65. The van der Waals surface area contributed by atoms with Crippen molar-refractivity contribution in [2.75, 3.05) is 10.2 Å². The van der Waals surface area contributed by atoms with Gasteiger partial charge in [-0.1, -0.05) is 24.3 Å². The summed E-state index contributed by atoms with van der Waals surface area (Å²) < 4.78 is 19.5. The van der Waals surface area contributed by atoms with Crippen molar-refractivity contribution in [3.8, 4) is 5.75 Å². The van der Waals surface area contributed by atoms with Gasteiger partial charge in [-0.3, -0.25) is 9.59 Å². The molecule has 1 aliphatic rings. The number of amides is 2. The summed E-state index contributed by atoms with van der Waals surface area (Å²) >= 11 is 0. The van der Waals surface area contributed by atoms with Crippen molar-refractivity contribution in [1.82, 2.24) is 0 Å². The Kier molecular flexibility index (Phi) is 6.01. The van der Waals surface area contributed by atoms with E-state index in [4.69, 9.17) is 4.74 Å². The van der Waals surface area contributed by atoms with E-state index in [0.29, 0.717) is 22.7 Å². The van der Waals surface area contributed by atoms with E-state index in [1.807, 2.05) is 33.8 Å². The van der Waals surface area contributed by atoms with Gasteiger partial charge in [-0.2, -0.15) is 0 Å². The molecule has 1 N–H and O–H groups in total. The maximum Gasteiger partial charge on any atom is 0.282 e. The third-order valence-electron chi connectivity index (χ3n) is 5.16. The van der Waals surface area contributed by atoms with E-state index < -0.39 is 17.6 Å². The van der Waals surface area contributed by atoms with Crippen molar-refractivity contribution in [3.05, 3.63) is 94.9 Å². The monoisotopic (exact) mass is 444 g/mol. The largest absolute Gasteiger partial charge is 0.491 e. The highest BCUT2D eigenvalue weighted by Gasteiger charge is 2.40. The van der Waals surface area contributed by atoms with Gasteiger partial charge in [0.05, 0.1) is 17.4 Å². The molecular weight excluding hydrogens is 419 g/mol. The van der Waals surface area contributed by atoms with Crippen molar-refractivity contribution >= 4 is 28.8 Å². The number of ether oxygens (including phenoxy) is 1. The number of rotatable bonds is 6. The predicted octanol–water partition coefficient (Wildman–Crippen LogP) is 5.63. The van der Waals surface area contributed by atoms with Crippen molar-refractivity contribution in [2.45, 2.75) is 33.8 Å². The number of carbonyl (C=O) groups is 2. The molecule has 0 spiro atoms. The zero-order valence-electron chi connectivity index (χ0n) is 19.0. The number of nitrogens with one attached hydrogen (secondary N) is 1. The fourth-order valence-corrected chi connectivity index (χ4v) is 3.91. The molecule has 0 unspecified atom stereocenters. The van der Waals surface area contributed by atoms with Gasteiger partial charge in [0, 0.05) is 5.69 Å². The molecule has 1 heterocycles. The van der Waals surface area contributed by atoms with Crippen LogP contribution in [0.25, 0.3) is 5.57 Å². The Morgan fingerprint density at radius 3 is 2.15 bits per heavy atom. The van der Waals surface area contributed by atoms with Gasteiger partial charge >= 0.3 is 0 Å². The summed E-state index contributed by atoms with van der Waals surface area (Å²) in [6.07, 6.45) is 0.00927. The van der Waals surface area contributed by atoms with Crippen LogP contribution in [0.4, 0.5) is 15.8 Å². The Hall–Kier alpha value is -3.93. The first-order chi connectivity index (χ1) is 15.7. The third-order valence-corrected chi connectivity index (χ3v) is 5.16. The first kappa shape index (κ1) is 22.3. The minimum atomic E-state index is -0.494. The van der Waals surface area contributed by atoms with Gasteiger partial charge in [0.25, 0.3) is 11.8 Å². The lowest BCUT2D eigenvalue weighted by Gasteiger charge is -2.17. The number of hydrogen-bond acceptors (Lipinski definition) is 4. The summed E-state index contributed by atoms with van der Waals surface area (Å²) in [4.78, 5) is 28.2. The minimum Gasteiger partial charge on any atom is -0.491 e. The molecule has 3 aromatic carbocycles. The van der Waals surface area contributed by atoms with Crippen LogP contribution in [0, 0.1) is 19.7 Å². The van der Waals surface area contributed by atoms with Crippen LogP contribution in [0.5, 0.6) is 5.75 Å². The second-order valence-corrected chi connectivity index (χ2v) is 8.37. The summed E-state index contributed by atoms with van der Waals surface area (Å²) in [7, 11) is 0. The average Bonchev–Trinajstić information content (AvgIpc) is 2.97. The standard InChI is InChI=1S/C27H25FN2O3/c1-16(2)33-23-10-8-19(9-11-23)24-25(29-21-7-5-6-20(28)15-21)27(32)30(26(24)31)22-13-17(3)12-18(4)14-22/h5-16,29H,1-4H3. The van der Waals surface area contributed by atoms with Gasteiger partial charge in [-0.25, -0.2) is 9.29 Å². The van der Waals surface area contributed by atoms with Gasteiger partial charge in [-0.05, 0) is 86.8 Å². The molecule has 0 aliphatic carbocycles. The number of aryl methyl sites for hydroxylation is 2. The fraction of sp³-hybridized carbons (Fsp3) is 0.185. The first-order valence-electron chi connectivity index (χ1n) is 10.7. The van der Waals surface area contributed by atoms with E-state index in [2.05, 4.69) is 5.32 Å². The lowest BCUT2D eigenvalue weighted by atomic mass is 10.0. The molecular formula is C27H25FN2O3. The van der Waals surface area contributed by atoms with E-state index in [-0.39, 0.29) is 17.4 Å². The summed E-state index contributed by atoms with van der Waals surface area (Å²) in [5.74, 6) is -0.717. The van der Waals surface area contributed by atoms with Crippen molar-refractivity contribution in [3.63, 3.8) is 0 Å². The average molecular weight is 445 g/mol. The number of nitrogens with zero attached hydrogens (tertiary/aromatic N) is 1. The zero-order chi connectivity index (χ0) is 23.7. The molecule has 3 aromatic rings. The van der Waals surface area contributed by atoms with Crippen LogP contribution in [0.3, 0.4) is 0 Å². The molecule has 168 valence electrons. The maximum absolute atomic E-state index is 13.8. The molecule has 0 aromatic heterocycles. The van der Waals surface area contributed by atoms with Crippen LogP contribution in [-0.2, 0) is 9.59 Å². The second kappa shape index (κ2) is 8.90. The Balaban J connectivity index is 1.80. The lowest BCUT2D eigenvalue weighted by Crippen LogP contribution is -2.32. The number of halogens is 1. The van der Waals surface area contributed by atoms with E-state index in [0.717, 1.165) is 16.0 Å². The lowest BCUT2D eigenvalue weighted by molar-refractivity contribution is -0.120. The highest BCUT2D eigenvalue weighted by Crippen LogP contribution is 2.35. The van der Waals surface area contributed by atoms with Crippen LogP contribution in [0.2, 0.25) is 0 Å². The molecule has 0 saturated carbocycles. The minimum absolute atomic E-state index is 0.00927. The van der Waals surface area contributed by atoms with E-state index in [1.54, 1.807) is 48.5 Å². The Morgan fingerprint density at radius 2 is 1.55 bits per heavy atom. The SMILES string of the molecule is Cc1cc(C)cc(N2C(=O)C(Nc3cccc(F)c3)=C(c3ccc(OC(C)C)cc3)C2=O)c1. The summed E-state index contributed by atoms with van der Waals surface area (Å²) in [5, 5.41) is 2.98. The molecule has 1 aliphatic heterocycles. The molecule has 4 rings (SSSR count). The van der Waals surface area contributed by atoms with Gasteiger partial charge in [0.1, 0.15) is 17.3 Å². The summed E-state index contributed by atoms with van der Waals surface area (Å²) in [5.41, 5.74) is 3.64. The van der Waals surface area contributed by atoms with E-state index in [9.17, 15) is 14.0 Å². The van der Waals surface area contributed by atoms with Gasteiger partial charge in [0.15, 0.2) is 0 Å². The van der Waals surface area contributed by atoms with E-state index >= 15 is 0 Å². The second-order valence-electron chi connectivity index (χ2n) is 8.37. The number of benzene rings is 3. The molecule has 6 heteroatoms. The normalized spacial score (nSPS) is 13.8. The van der Waals surface area contributed by atoms with Gasteiger partial charge in [-0.15, -0.1) is 0 Å². The molecule has 0 fully saturated rings. The van der Waals surface area contributed by atoms with Crippen LogP contribution in [0.15, 0.2) is 72.4 Å². The Labute approximate surface area is 192 Å². The van der Waals surface area contributed by atoms with Crippen molar-refractivity contribution in [2.24, 2.45) is 0 Å². The molecule has 33 heavy (non-hydrogen) atoms. The van der Waals surface area contributed by atoms with Crippen LogP contribution >= 0.6 is 0 Å². The van der Waals surface area contributed by atoms with Gasteiger partial charge in [0.2, 0.25) is 0 Å². The predicted molar refractivity (Wildman–Crippen MR) is 128 cm³/mol. The smallest absolute Gasteiger partial charge is 0.282 e. The molecule has 5 nitrogen and oxygen atoms in total. The molecule has 2 amide bonds. The number of imide groups is 1.